The van der Waals surface area contributed by atoms with Gasteiger partial charge in [0.25, 0.3) is 5.56 Å². The molecule has 2 saturated heterocycles. The minimum Gasteiger partial charge on any atom is -0.380 e. The molecule has 1 aromatic rings. The zero-order chi connectivity index (χ0) is 18.3. The van der Waals surface area contributed by atoms with E-state index in [-0.39, 0.29) is 17.4 Å². The van der Waals surface area contributed by atoms with Crippen LogP contribution in [0.15, 0.2) is 16.9 Å². The van der Waals surface area contributed by atoms with E-state index >= 15 is 0 Å². The normalized spacial score (nSPS) is 27.7. The van der Waals surface area contributed by atoms with E-state index in [9.17, 15) is 13.2 Å². The summed E-state index contributed by atoms with van der Waals surface area (Å²) >= 11 is 0. The van der Waals surface area contributed by atoms with E-state index in [1.165, 1.54) is 6.26 Å². The highest BCUT2D eigenvalue weighted by Crippen LogP contribution is 2.36. The van der Waals surface area contributed by atoms with Crippen LogP contribution >= 0.6 is 0 Å². The molecular formula is C18H27N3O4S. The van der Waals surface area contributed by atoms with Gasteiger partial charge >= 0.3 is 0 Å². The van der Waals surface area contributed by atoms with Gasteiger partial charge < -0.3 is 9.30 Å². The Morgan fingerprint density at radius 2 is 2.00 bits per heavy atom. The van der Waals surface area contributed by atoms with Gasteiger partial charge in [0, 0.05) is 63.1 Å². The molecule has 3 aliphatic rings. The summed E-state index contributed by atoms with van der Waals surface area (Å²) in [5, 5.41) is 0. The Bertz CT molecular complexity index is 827. The maximum atomic E-state index is 13.1. The Morgan fingerprint density at radius 1 is 1.15 bits per heavy atom. The molecule has 2 atom stereocenters. The third-order valence-corrected chi connectivity index (χ3v) is 7.06. The lowest BCUT2D eigenvalue weighted by molar-refractivity contribution is 0.140. The van der Waals surface area contributed by atoms with Gasteiger partial charge in [0.15, 0.2) is 0 Å². The number of rotatable bonds is 3. The van der Waals surface area contributed by atoms with E-state index < -0.39 is 10.0 Å². The summed E-state index contributed by atoms with van der Waals surface area (Å²) in [5.74, 6) is 0.334. The fourth-order valence-electron chi connectivity index (χ4n) is 4.54. The Kier molecular flexibility index (Phi) is 4.94. The second-order valence-corrected chi connectivity index (χ2v) is 9.80. The van der Waals surface area contributed by atoms with Crippen LogP contribution < -0.4 is 5.56 Å². The predicted molar refractivity (Wildman–Crippen MR) is 98.7 cm³/mol. The van der Waals surface area contributed by atoms with Crippen LogP contribution in [0.3, 0.4) is 0 Å². The molecule has 0 radical (unpaired) electrons. The summed E-state index contributed by atoms with van der Waals surface area (Å²) in [6.07, 6.45) is 3.24. The fourth-order valence-corrected chi connectivity index (χ4v) is 5.47. The first-order valence-electron chi connectivity index (χ1n) is 9.39. The molecule has 0 aliphatic carbocycles. The molecule has 1 aromatic heterocycles. The molecule has 0 amide bonds. The number of ether oxygens (including phenoxy) is 1. The van der Waals surface area contributed by atoms with E-state index in [0.717, 1.165) is 50.4 Å². The topological polar surface area (TPSA) is 71.9 Å². The Balaban J connectivity index is 1.59. The quantitative estimate of drug-likeness (QED) is 0.760. The van der Waals surface area contributed by atoms with Crippen LogP contribution in [0.5, 0.6) is 0 Å². The largest absolute Gasteiger partial charge is 0.380 e. The molecule has 2 bridgehead atoms. The zero-order valence-electron chi connectivity index (χ0n) is 15.3. The number of aromatic nitrogens is 1. The lowest BCUT2D eigenvalue weighted by atomic mass is 9.84. The number of nitrogens with zero attached hydrogens (tertiary/aromatic N) is 3. The second-order valence-electron chi connectivity index (χ2n) is 7.82. The highest BCUT2D eigenvalue weighted by Gasteiger charge is 2.37. The molecule has 26 heavy (non-hydrogen) atoms. The van der Waals surface area contributed by atoms with Crippen LogP contribution in [-0.2, 0) is 27.8 Å². The summed E-state index contributed by atoms with van der Waals surface area (Å²) in [5.41, 5.74) is 1.91. The number of fused-ring (bicyclic) bond motifs is 4. The summed E-state index contributed by atoms with van der Waals surface area (Å²) < 4.78 is 32.9. The molecule has 8 heteroatoms. The van der Waals surface area contributed by atoms with Crippen LogP contribution in [0.4, 0.5) is 0 Å². The maximum absolute atomic E-state index is 13.1. The molecule has 4 heterocycles. The minimum atomic E-state index is -3.18. The lowest BCUT2D eigenvalue weighted by Gasteiger charge is -2.41. The van der Waals surface area contributed by atoms with Crippen molar-refractivity contribution in [3.8, 4) is 0 Å². The molecule has 0 saturated carbocycles. The van der Waals surface area contributed by atoms with Crippen LogP contribution in [-0.4, -0.2) is 67.8 Å². The van der Waals surface area contributed by atoms with E-state index in [1.807, 2.05) is 16.7 Å². The fraction of sp³-hybridized carbons (Fsp3) is 0.722. The molecule has 0 aromatic carbocycles. The van der Waals surface area contributed by atoms with Crippen molar-refractivity contribution in [1.82, 2.24) is 13.8 Å². The molecule has 7 nitrogen and oxygen atoms in total. The lowest BCUT2D eigenvalue weighted by Crippen LogP contribution is -2.49. The van der Waals surface area contributed by atoms with E-state index in [1.54, 1.807) is 4.31 Å². The van der Waals surface area contributed by atoms with E-state index in [2.05, 4.69) is 4.90 Å². The highest BCUT2D eigenvalue weighted by atomic mass is 32.2. The van der Waals surface area contributed by atoms with Crippen molar-refractivity contribution in [2.24, 2.45) is 5.92 Å². The molecule has 144 valence electrons. The summed E-state index contributed by atoms with van der Waals surface area (Å²) in [6.45, 7) is 5.61. The second kappa shape index (κ2) is 7.07. The number of pyridine rings is 1. The number of piperidine rings is 1. The van der Waals surface area contributed by atoms with E-state index in [0.29, 0.717) is 26.2 Å². The molecule has 3 aliphatic heterocycles. The molecule has 0 unspecified atom stereocenters. The summed E-state index contributed by atoms with van der Waals surface area (Å²) in [6, 6.07) is 3.98. The van der Waals surface area contributed by atoms with Crippen LogP contribution in [0.25, 0.3) is 0 Å². The SMILES string of the molecule is CS(=O)(=O)N1C[C@@H]2C[C@H](C1)c1ccc(CN3CCCOCC3)c(=O)n1C2. The average Bonchev–Trinajstić information content (AvgIpc) is 2.85. The van der Waals surface area contributed by atoms with Gasteiger partial charge in [0.05, 0.1) is 12.9 Å². The van der Waals surface area contributed by atoms with E-state index in [4.69, 9.17) is 4.74 Å². The predicted octanol–water partition coefficient (Wildman–Crippen LogP) is 0.449. The third kappa shape index (κ3) is 3.60. The van der Waals surface area contributed by atoms with Crippen molar-refractivity contribution in [3.63, 3.8) is 0 Å². The molecular weight excluding hydrogens is 354 g/mol. The Morgan fingerprint density at radius 3 is 2.81 bits per heavy atom. The first kappa shape index (κ1) is 18.2. The summed E-state index contributed by atoms with van der Waals surface area (Å²) in [7, 11) is -3.18. The van der Waals surface area contributed by atoms with Crippen molar-refractivity contribution in [1.29, 1.82) is 0 Å². The number of sulfonamides is 1. The van der Waals surface area contributed by atoms with Gasteiger partial charge in [0.2, 0.25) is 10.0 Å². The van der Waals surface area contributed by atoms with Gasteiger partial charge in [-0.05, 0) is 24.8 Å². The number of hydrogen-bond donors (Lipinski definition) is 0. The van der Waals surface area contributed by atoms with Crippen molar-refractivity contribution in [3.05, 3.63) is 33.7 Å². The standard InChI is InChI=1S/C18H27N3O4S/c1-26(23,24)20-10-14-9-16(13-20)17-4-3-15(18(22)21(17)11-14)12-19-5-2-7-25-8-6-19/h3-4,14,16H,2,5-13H2,1H3/t14-,16+/m0/s1. The van der Waals surface area contributed by atoms with Gasteiger partial charge in [-0.3, -0.25) is 9.69 Å². The average molecular weight is 381 g/mol. The first-order chi connectivity index (χ1) is 12.4. The molecule has 4 rings (SSSR count). The summed E-state index contributed by atoms with van der Waals surface area (Å²) in [4.78, 5) is 15.3. The monoisotopic (exact) mass is 381 g/mol. The Labute approximate surface area is 154 Å². The van der Waals surface area contributed by atoms with Crippen molar-refractivity contribution >= 4 is 10.0 Å². The Hall–Kier alpha value is -1.22. The van der Waals surface area contributed by atoms with Crippen LogP contribution in [0.1, 0.15) is 30.0 Å². The molecule has 2 fully saturated rings. The van der Waals surface area contributed by atoms with Gasteiger partial charge in [-0.1, -0.05) is 6.07 Å². The van der Waals surface area contributed by atoms with Gasteiger partial charge in [-0.25, -0.2) is 12.7 Å². The zero-order valence-corrected chi connectivity index (χ0v) is 16.1. The van der Waals surface area contributed by atoms with Crippen molar-refractivity contribution < 1.29 is 13.2 Å². The highest BCUT2D eigenvalue weighted by molar-refractivity contribution is 7.88. The van der Waals surface area contributed by atoms with Crippen LogP contribution in [0, 0.1) is 5.92 Å². The van der Waals surface area contributed by atoms with Crippen molar-refractivity contribution in [2.75, 3.05) is 45.6 Å². The van der Waals surface area contributed by atoms with Gasteiger partial charge in [-0.2, -0.15) is 0 Å². The number of hydrogen-bond acceptors (Lipinski definition) is 5. The maximum Gasteiger partial charge on any atom is 0.255 e. The molecule has 0 N–H and O–H groups in total. The minimum absolute atomic E-state index is 0.0928. The van der Waals surface area contributed by atoms with Crippen molar-refractivity contribution in [2.45, 2.75) is 31.8 Å². The smallest absolute Gasteiger partial charge is 0.255 e. The first-order valence-corrected chi connectivity index (χ1v) is 11.2. The van der Waals surface area contributed by atoms with Gasteiger partial charge in [0.1, 0.15) is 0 Å². The third-order valence-electron chi connectivity index (χ3n) is 5.83. The van der Waals surface area contributed by atoms with Crippen LogP contribution in [0.2, 0.25) is 0 Å². The molecule has 0 spiro atoms. The van der Waals surface area contributed by atoms with Gasteiger partial charge in [-0.15, -0.1) is 0 Å².